The molecule has 1 aliphatic rings. The van der Waals surface area contributed by atoms with E-state index in [1.54, 1.807) is 28.9 Å². The van der Waals surface area contributed by atoms with Gasteiger partial charge in [0.05, 0.1) is 11.0 Å². The van der Waals surface area contributed by atoms with Gasteiger partial charge >= 0.3 is 17.5 Å². The van der Waals surface area contributed by atoms with Crippen LogP contribution in [0.25, 0.3) is 0 Å². The molecule has 11 heteroatoms. The van der Waals surface area contributed by atoms with Gasteiger partial charge in [0.15, 0.2) is 5.78 Å². The van der Waals surface area contributed by atoms with E-state index in [4.69, 9.17) is 4.52 Å². The summed E-state index contributed by atoms with van der Waals surface area (Å²) >= 11 is 0. The highest BCUT2D eigenvalue weighted by molar-refractivity contribution is 7.90. The maximum Gasteiger partial charge on any atom is 0.301 e. The number of nitrogens with zero attached hydrogens (tertiary/aromatic N) is 4. The van der Waals surface area contributed by atoms with Gasteiger partial charge < -0.3 is 4.52 Å². The first-order chi connectivity index (χ1) is 19.8. The number of sulfonamides is 1. The lowest BCUT2D eigenvalue weighted by Crippen LogP contribution is -2.47. The summed E-state index contributed by atoms with van der Waals surface area (Å²) in [6.07, 6.45) is 0.313. The van der Waals surface area contributed by atoms with Gasteiger partial charge in [-0.1, -0.05) is 89.2 Å². The van der Waals surface area contributed by atoms with E-state index < -0.39 is 34.8 Å². The Morgan fingerprint density at radius 3 is 1.95 bits per heavy atom. The van der Waals surface area contributed by atoms with Crippen LogP contribution < -0.4 is 0 Å². The molecule has 0 aromatic heterocycles. The lowest BCUT2D eigenvalue weighted by atomic mass is 9.89. The van der Waals surface area contributed by atoms with Crippen molar-refractivity contribution in [1.82, 2.24) is 9.68 Å². The Bertz CT molecular complexity index is 1450. The maximum absolute atomic E-state index is 15.1. The first-order valence-electron chi connectivity index (χ1n) is 15.1. The van der Waals surface area contributed by atoms with Crippen molar-refractivity contribution in [2.45, 2.75) is 123 Å². The molecule has 1 amide bonds. The molecular weight excluding hydrogens is 583 g/mol. The lowest BCUT2D eigenvalue weighted by molar-refractivity contribution is -0.130. The predicted octanol–water partition coefficient (Wildman–Crippen LogP) is 8.76. The standard InChI is InChI=1S/C32H49N4O5PS/c1-21(2)27-19-28(22(3)4)30(29(20-27)23(5)6)43(39,40)34-33-36(25(8)37)31(26-15-13-12-14-16-26)42(38)35(32(9,10)11)18-17-24(7)41-42/h12-16,19-24,31H,17-18H2,1-11H3/b34-33+/t24-,31?,42?/m0/s1. The summed E-state index contributed by atoms with van der Waals surface area (Å²) < 4.78 is 55.2. The number of hydrogen-bond donors (Lipinski definition) is 0. The van der Waals surface area contributed by atoms with E-state index in [-0.39, 0.29) is 28.8 Å². The van der Waals surface area contributed by atoms with Crippen LogP contribution in [0, 0.1) is 0 Å². The molecule has 2 aromatic rings. The summed E-state index contributed by atoms with van der Waals surface area (Å²) in [6.45, 7) is 21.3. The molecule has 1 heterocycles. The third-order valence-electron chi connectivity index (χ3n) is 7.73. The molecule has 1 fully saturated rings. The molecule has 1 saturated heterocycles. The second-order valence-electron chi connectivity index (χ2n) is 13.3. The summed E-state index contributed by atoms with van der Waals surface area (Å²) in [5.41, 5.74) is 2.28. The molecule has 2 aromatic carbocycles. The van der Waals surface area contributed by atoms with Crippen LogP contribution in [-0.2, 0) is 23.9 Å². The highest BCUT2D eigenvalue weighted by atomic mass is 32.2. The van der Waals surface area contributed by atoms with Gasteiger partial charge in [0, 0.05) is 19.0 Å². The van der Waals surface area contributed by atoms with Crippen molar-refractivity contribution in [1.29, 1.82) is 0 Å². The highest BCUT2D eigenvalue weighted by Gasteiger charge is 2.52. The van der Waals surface area contributed by atoms with Crippen molar-refractivity contribution in [3.63, 3.8) is 0 Å². The van der Waals surface area contributed by atoms with Crippen molar-refractivity contribution < 1.29 is 22.3 Å². The minimum absolute atomic E-state index is 0.106. The first-order valence-corrected chi connectivity index (χ1v) is 18.2. The normalized spacial score (nSPS) is 21.2. The Morgan fingerprint density at radius 1 is 0.977 bits per heavy atom. The Balaban J connectivity index is 2.27. The molecule has 0 N–H and O–H groups in total. The van der Waals surface area contributed by atoms with Gasteiger partial charge in [-0.2, -0.15) is 13.4 Å². The minimum atomic E-state index is -4.38. The van der Waals surface area contributed by atoms with Crippen LogP contribution >= 0.6 is 7.52 Å². The van der Waals surface area contributed by atoms with Crippen molar-refractivity contribution in [3.05, 3.63) is 64.7 Å². The Kier molecular flexibility index (Phi) is 10.9. The van der Waals surface area contributed by atoms with Crippen LogP contribution in [0.4, 0.5) is 0 Å². The van der Waals surface area contributed by atoms with Gasteiger partial charge in [-0.05, 0) is 78.6 Å². The van der Waals surface area contributed by atoms with Crippen LogP contribution in [-0.4, -0.2) is 42.2 Å². The van der Waals surface area contributed by atoms with Gasteiger partial charge in [-0.3, -0.25) is 9.36 Å². The monoisotopic (exact) mass is 632 g/mol. The van der Waals surface area contributed by atoms with Crippen LogP contribution in [0.5, 0.6) is 0 Å². The lowest BCUT2D eigenvalue weighted by Gasteiger charge is -2.48. The SMILES string of the molecule is CC(=O)N(/N=N/S(=O)(=O)c1c(C(C)C)cc(C(C)C)cc1C(C)C)C(c1ccccc1)P1(=O)O[C@@H](C)CCN1C(C)(C)C. The zero-order valence-electron chi connectivity index (χ0n) is 27.5. The van der Waals surface area contributed by atoms with E-state index in [9.17, 15) is 13.2 Å². The summed E-state index contributed by atoms with van der Waals surface area (Å²) in [6, 6.07) is 12.7. The summed E-state index contributed by atoms with van der Waals surface area (Å²) in [5, 5.41) is 5.04. The number of benzene rings is 2. The van der Waals surface area contributed by atoms with Crippen LogP contribution in [0.2, 0.25) is 0 Å². The quantitative estimate of drug-likeness (QED) is 0.155. The Hall–Kier alpha value is -2.39. The van der Waals surface area contributed by atoms with Gasteiger partial charge in [-0.15, -0.1) is 0 Å². The highest BCUT2D eigenvalue weighted by Crippen LogP contribution is 2.68. The smallest absolute Gasteiger partial charge is 0.301 e. The molecule has 0 saturated carbocycles. The molecule has 238 valence electrons. The van der Waals surface area contributed by atoms with Crippen molar-refractivity contribution in [2.24, 2.45) is 9.74 Å². The molecule has 2 unspecified atom stereocenters. The summed E-state index contributed by atoms with van der Waals surface area (Å²) in [7, 11) is -8.26. The zero-order chi connectivity index (χ0) is 32.5. The second kappa shape index (κ2) is 13.3. The molecule has 0 aliphatic carbocycles. The van der Waals surface area contributed by atoms with Gasteiger partial charge in [0.1, 0.15) is 0 Å². The number of hydrogen-bond acceptors (Lipinski definition) is 6. The maximum atomic E-state index is 15.1. The molecule has 1 aliphatic heterocycles. The molecule has 43 heavy (non-hydrogen) atoms. The number of rotatable bonds is 9. The predicted molar refractivity (Wildman–Crippen MR) is 172 cm³/mol. The van der Waals surface area contributed by atoms with E-state index >= 15 is 4.57 Å². The van der Waals surface area contributed by atoms with Gasteiger partial charge in [0.25, 0.3) is 0 Å². The van der Waals surface area contributed by atoms with Crippen molar-refractivity contribution in [2.75, 3.05) is 6.54 Å². The Labute approximate surface area is 258 Å². The van der Waals surface area contributed by atoms with Crippen molar-refractivity contribution in [3.8, 4) is 0 Å². The molecule has 0 radical (unpaired) electrons. The molecule has 3 rings (SSSR count). The summed E-state index contributed by atoms with van der Waals surface area (Å²) in [5.74, 6) is -1.84. The largest absolute Gasteiger partial charge is 0.313 e. The van der Waals surface area contributed by atoms with E-state index in [2.05, 4.69) is 23.6 Å². The third kappa shape index (κ3) is 7.64. The Morgan fingerprint density at radius 2 is 1.51 bits per heavy atom. The zero-order valence-corrected chi connectivity index (χ0v) is 29.2. The van der Waals surface area contributed by atoms with Gasteiger partial charge in [0.2, 0.25) is 5.91 Å². The third-order valence-corrected chi connectivity index (χ3v) is 12.3. The van der Waals surface area contributed by atoms with E-state index in [0.29, 0.717) is 29.7 Å². The van der Waals surface area contributed by atoms with E-state index in [1.165, 1.54) is 6.92 Å². The fourth-order valence-electron chi connectivity index (χ4n) is 5.45. The number of carbonyl (C=O) groups is 1. The number of amides is 1. The average Bonchev–Trinajstić information content (AvgIpc) is 2.89. The fraction of sp³-hybridized carbons (Fsp3) is 0.594. The summed E-state index contributed by atoms with van der Waals surface area (Å²) in [4.78, 5) is 13.4. The topological polar surface area (TPSA) is 109 Å². The first kappa shape index (κ1) is 35.1. The molecule has 0 spiro atoms. The molecule has 0 bridgehead atoms. The molecular formula is C32H49N4O5PS. The average molecular weight is 633 g/mol. The minimum Gasteiger partial charge on any atom is -0.313 e. The molecule has 9 nitrogen and oxygen atoms in total. The van der Waals surface area contributed by atoms with E-state index in [0.717, 1.165) is 10.6 Å². The van der Waals surface area contributed by atoms with Crippen LogP contribution in [0.1, 0.15) is 128 Å². The van der Waals surface area contributed by atoms with Gasteiger partial charge in [-0.25, -0.2) is 4.67 Å². The van der Waals surface area contributed by atoms with Crippen LogP contribution in [0.3, 0.4) is 0 Å². The molecule has 3 atom stereocenters. The second-order valence-corrected chi connectivity index (χ2v) is 17.2. The number of carbonyl (C=O) groups excluding carboxylic acids is 1. The van der Waals surface area contributed by atoms with Crippen molar-refractivity contribution >= 4 is 23.5 Å². The fourth-order valence-corrected chi connectivity index (χ4v) is 10.3. The van der Waals surface area contributed by atoms with Crippen LogP contribution in [0.15, 0.2) is 57.1 Å². The van der Waals surface area contributed by atoms with E-state index in [1.807, 2.05) is 73.6 Å².